The standard InChI is InChI=1S/C13H17F2NO/c14-11-2-1-10(9-12(11)15)3-4-13(17)5-7-16-8-6-13/h1-2,9,16-17H,3-8H2. The van der Waals surface area contributed by atoms with Gasteiger partial charge in [-0.25, -0.2) is 8.78 Å². The Kier molecular flexibility index (Phi) is 3.74. The molecule has 2 rings (SSSR count). The Morgan fingerprint density at radius 3 is 2.53 bits per heavy atom. The van der Waals surface area contributed by atoms with E-state index in [0.717, 1.165) is 37.6 Å². The molecule has 94 valence electrons. The molecule has 0 bridgehead atoms. The van der Waals surface area contributed by atoms with Crippen LogP contribution in [0.3, 0.4) is 0 Å². The van der Waals surface area contributed by atoms with Crippen molar-refractivity contribution in [2.75, 3.05) is 13.1 Å². The SMILES string of the molecule is OC1(CCc2ccc(F)c(F)c2)CCNCC1. The van der Waals surface area contributed by atoms with Crippen molar-refractivity contribution in [3.8, 4) is 0 Å². The molecule has 0 atom stereocenters. The zero-order valence-electron chi connectivity index (χ0n) is 9.68. The van der Waals surface area contributed by atoms with Crippen LogP contribution in [0.5, 0.6) is 0 Å². The predicted octanol–water partition coefficient (Wildman–Crippen LogP) is 2.01. The maximum absolute atomic E-state index is 13.0. The summed E-state index contributed by atoms with van der Waals surface area (Å²) in [4.78, 5) is 0. The van der Waals surface area contributed by atoms with Gasteiger partial charge in [-0.15, -0.1) is 0 Å². The van der Waals surface area contributed by atoms with E-state index in [4.69, 9.17) is 0 Å². The predicted molar refractivity (Wildman–Crippen MR) is 61.7 cm³/mol. The summed E-state index contributed by atoms with van der Waals surface area (Å²) in [6, 6.07) is 3.92. The lowest BCUT2D eigenvalue weighted by molar-refractivity contribution is 0.00280. The van der Waals surface area contributed by atoms with Gasteiger partial charge in [-0.1, -0.05) is 6.07 Å². The van der Waals surface area contributed by atoms with Crippen LogP contribution in [0.15, 0.2) is 18.2 Å². The second kappa shape index (κ2) is 5.10. The summed E-state index contributed by atoms with van der Waals surface area (Å²) >= 11 is 0. The number of hydrogen-bond donors (Lipinski definition) is 2. The third-order valence-electron chi connectivity index (χ3n) is 3.40. The number of hydrogen-bond acceptors (Lipinski definition) is 2. The van der Waals surface area contributed by atoms with Crippen molar-refractivity contribution in [3.63, 3.8) is 0 Å². The largest absolute Gasteiger partial charge is 0.390 e. The lowest BCUT2D eigenvalue weighted by Crippen LogP contribution is -2.42. The number of rotatable bonds is 3. The Morgan fingerprint density at radius 2 is 1.88 bits per heavy atom. The minimum atomic E-state index is -0.825. The summed E-state index contributed by atoms with van der Waals surface area (Å²) in [7, 11) is 0. The van der Waals surface area contributed by atoms with Gasteiger partial charge in [-0.3, -0.25) is 0 Å². The molecular weight excluding hydrogens is 224 g/mol. The molecule has 1 aliphatic rings. The molecule has 0 aliphatic carbocycles. The Hall–Kier alpha value is -1.00. The van der Waals surface area contributed by atoms with Crippen molar-refractivity contribution in [2.24, 2.45) is 0 Å². The van der Waals surface area contributed by atoms with E-state index in [1.165, 1.54) is 6.07 Å². The van der Waals surface area contributed by atoms with E-state index in [0.29, 0.717) is 12.8 Å². The lowest BCUT2D eigenvalue weighted by Gasteiger charge is -2.32. The highest BCUT2D eigenvalue weighted by Crippen LogP contribution is 2.24. The summed E-state index contributed by atoms with van der Waals surface area (Å²) in [6.07, 6.45) is 2.61. The number of aliphatic hydroxyl groups is 1. The summed E-state index contributed by atoms with van der Waals surface area (Å²) in [5.41, 5.74) is 0.0756. The number of nitrogens with one attached hydrogen (secondary N) is 1. The van der Waals surface area contributed by atoms with Crippen LogP contribution in [0.2, 0.25) is 0 Å². The molecule has 0 radical (unpaired) electrons. The molecule has 2 nitrogen and oxygen atoms in total. The molecule has 0 spiro atoms. The number of piperidine rings is 1. The highest BCUT2D eigenvalue weighted by atomic mass is 19.2. The quantitative estimate of drug-likeness (QED) is 0.848. The minimum absolute atomic E-state index is 0.577. The average molecular weight is 241 g/mol. The van der Waals surface area contributed by atoms with Gasteiger partial charge in [0.1, 0.15) is 0 Å². The van der Waals surface area contributed by atoms with Crippen LogP contribution in [-0.2, 0) is 6.42 Å². The van der Waals surface area contributed by atoms with Gasteiger partial charge in [0.05, 0.1) is 5.60 Å². The van der Waals surface area contributed by atoms with Crippen LogP contribution in [0.1, 0.15) is 24.8 Å². The topological polar surface area (TPSA) is 32.3 Å². The minimum Gasteiger partial charge on any atom is -0.390 e. The van der Waals surface area contributed by atoms with Crippen LogP contribution < -0.4 is 5.32 Å². The highest BCUT2D eigenvalue weighted by molar-refractivity contribution is 5.18. The Bertz CT molecular complexity index is 389. The monoisotopic (exact) mass is 241 g/mol. The smallest absolute Gasteiger partial charge is 0.159 e. The summed E-state index contributed by atoms with van der Waals surface area (Å²) < 4.78 is 25.7. The molecule has 1 aliphatic heterocycles. The van der Waals surface area contributed by atoms with Crippen molar-refractivity contribution >= 4 is 0 Å². The van der Waals surface area contributed by atoms with Crippen molar-refractivity contribution < 1.29 is 13.9 Å². The van der Waals surface area contributed by atoms with Crippen molar-refractivity contribution in [3.05, 3.63) is 35.4 Å². The van der Waals surface area contributed by atoms with Crippen LogP contribution >= 0.6 is 0 Å². The molecule has 0 amide bonds. The van der Waals surface area contributed by atoms with E-state index < -0.39 is 17.2 Å². The van der Waals surface area contributed by atoms with Gasteiger partial charge < -0.3 is 10.4 Å². The van der Waals surface area contributed by atoms with Crippen molar-refractivity contribution in [1.29, 1.82) is 0 Å². The van der Waals surface area contributed by atoms with Crippen LogP contribution in [0.4, 0.5) is 8.78 Å². The zero-order chi connectivity index (χ0) is 12.3. The van der Waals surface area contributed by atoms with Crippen molar-refractivity contribution in [1.82, 2.24) is 5.32 Å². The van der Waals surface area contributed by atoms with Crippen LogP contribution in [0.25, 0.3) is 0 Å². The molecule has 1 aromatic carbocycles. The lowest BCUT2D eigenvalue weighted by atomic mass is 9.86. The van der Waals surface area contributed by atoms with E-state index in [-0.39, 0.29) is 0 Å². The number of benzene rings is 1. The highest BCUT2D eigenvalue weighted by Gasteiger charge is 2.28. The second-order valence-electron chi connectivity index (χ2n) is 4.72. The molecular formula is C13H17F2NO. The van der Waals surface area contributed by atoms with Crippen molar-refractivity contribution in [2.45, 2.75) is 31.3 Å². The fourth-order valence-electron chi connectivity index (χ4n) is 2.21. The molecule has 1 saturated heterocycles. The third-order valence-corrected chi connectivity index (χ3v) is 3.40. The maximum Gasteiger partial charge on any atom is 0.159 e. The first kappa shape index (κ1) is 12.5. The molecule has 0 unspecified atom stereocenters. The zero-order valence-corrected chi connectivity index (χ0v) is 9.68. The Morgan fingerprint density at radius 1 is 1.18 bits per heavy atom. The summed E-state index contributed by atoms with van der Waals surface area (Å²) in [5, 5.41) is 13.4. The average Bonchev–Trinajstić information content (AvgIpc) is 2.32. The van der Waals surface area contributed by atoms with Gasteiger partial charge in [-0.2, -0.15) is 0 Å². The van der Waals surface area contributed by atoms with Gasteiger partial charge >= 0.3 is 0 Å². The van der Waals surface area contributed by atoms with E-state index in [1.807, 2.05) is 0 Å². The van der Waals surface area contributed by atoms with E-state index >= 15 is 0 Å². The first-order valence-corrected chi connectivity index (χ1v) is 5.96. The Balaban J connectivity index is 1.94. The molecule has 4 heteroatoms. The number of aryl methyl sites for hydroxylation is 1. The van der Waals surface area contributed by atoms with Crippen LogP contribution in [-0.4, -0.2) is 23.8 Å². The van der Waals surface area contributed by atoms with E-state index in [2.05, 4.69) is 5.32 Å². The molecule has 17 heavy (non-hydrogen) atoms. The van der Waals surface area contributed by atoms with Gasteiger partial charge in [0.25, 0.3) is 0 Å². The molecule has 1 fully saturated rings. The molecule has 0 aromatic heterocycles. The third kappa shape index (κ3) is 3.23. The first-order chi connectivity index (χ1) is 8.09. The van der Waals surface area contributed by atoms with Gasteiger partial charge in [0.15, 0.2) is 11.6 Å². The molecule has 1 heterocycles. The normalized spacial score (nSPS) is 19.2. The molecule has 2 N–H and O–H groups in total. The van der Waals surface area contributed by atoms with Gasteiger partial charge in [0.2, 0.25) is 0 Å². The molecule has 0 saturated carbocycles. The summed E-state index contributed by atoms with van der Waals surface area (Å²) in [5.74, 6) is -1.64. The fourth-order valence-corrected chi connectivity index (χ4v) is 2.21. The maximum atomic E-state index is 13.0. The van der Waals surface area contributed by atoms with Gasteiger partial charge in [0, 0.05) is 0 Å². The number of halogens is 2. The first-order valence-electron chi connectivity index (χ1n) is 5.96. The molecule has 1 aromatic rings. The second-order valence-corrected chi connectivity index (χ2v) is 4.72. The van der Waals surface area contributed by atoms with E-state index in [9.17, 15) is 13.9 Å². The fraction of sp³-hybridized carbons (Fsp3) is 0.538. The Labute approximate surface area is 99.7 Å². The van der Waals surface area contributed by atoms with Gasteiger partial charge in [-0.05, 0) is 56.5 Å². The summed E-state index contributed by atoms with van der Waals surface area (Å²) in [6.45, 7) is 1.63. The van der Waals surface area contributed by atoms with E-state index in [1.54, 1.807) is 6.07 Å². The van der Waals surface area contributed by atoms with Crippen LogP contribution in [0, 0.1) is 11.6 Å².